The molecular formula is C14H13BrFIN2O. The van der Waals surface area contributed by atoms with Crippen LogP contribution >= 0.6 is 38.5 Å². The van der Waals surface area contributed by atoms with E-state index in [1.54, 1.807) is 12.1 Å². The highest BCUT2D eigenvalue weighted by Gasteiger charge is 2.12. The zero-order chi connectivity index (χ0) is 14.9. The van der Waals surface area contributed by atoms with Gasteiger partial charge in [-0.3, -0.25) is 4.79 Å². The summed E-state index contributed by atoms with van der Waals surface area (Å²) in [5.41, 5.74) is 1.29. The summed E-state index contributed by atoms with van der Waals surface area (Å²) in [6.07, 6.45) is 0.734. The molecule has 0 saturated heterocycles. The van der Waals surface area contributed by atoms with Crippen molar-refractivity contribution in [3.63, 3.8) is 0 Å². The molecule has 1 aromatic heterocycles. The van der Waals surface area contributed by atoms with Gasteiger partial charge < -0.3 is 4.98 Å². The minimum Gasteiger partial charge on any atom is -0.306 e. The molecule has 0 fully saturated rings. The third-order valence-corrected chi connectivity index (χ3v) is 4.45. The third kappa shape index (κ3) is 3.46. The Morgan fingerprint density at radius 2 is 2.15 bits per heavy atom. The van der Waals surface area contributed by atoms with Crippen molar-refractivity contribution < 1.29 is 4.39 Å². The fourth-order valence-corrected chi connectivity index (χ4v) is 2.66. The highest BCUT2D eigenvalue weighted by Crippen LogP contribution is 2.23. The first-order valence-electron chi connectivity index (χ1n) is 6.12. The number of hydrogen-bond donors (Lipinski definition) is 1. The number of nitrogens with zero attached hydrogens (tertiary/aromatic N) is 1. The number of aromatic amines is 1. The Morgan fingerprint density at radius 3 is 2.75 bits per heavy atom. The molecule has 2 rings (SSSR count). The first-order chi connectivity index (χ1) is 9.38. The third-order valence-electron chi connectivity index (χ3n) is 2.73. The lowest BCUT2D eigenvalue weighted by atomic mass is 10.1. The van der Waals surface area contributed by atoms with Crippen LogP contribution in [0.2, 0.25) is 0 Å². The van der Waals surface area contributed by atoms with Crippen molar-refractivity contribution in [2.75, 3.05) is 0 Å². The van der Waals surface area contributed by atoms with Crippen LogP contribution in [0.25, 0.3) is 11.4 Å². The van der Waals surface area contributed by atoms with Crippen molar-refractivity contribution in [1.29, 1.82) is 0 Å². The molecule has 20 heavy (non-hydrogen) atoms. The molecule has 6 heteroatoms. The Labute approximate surface area is 138 Å². The van der Waals surface area contributed by atoms with Crippen molar-refractivity contribution in [2.24, 2.45) is 5.92 Å². The molecule has 0 atom stereocenters. The average Bonchev–Trinajstić information content (AvgIpc) is 2.37. The van der Waals surface area contributed by atoms with E-state index in [1.165, 1.54) is 6.07 Å². The first-order valence-corrected chi connectivity index (χ1v) is 7.99. The molecule has 1 N–H and O–H groups in total. The number of aromatic nitrogens is 2. The molecule has 3 nitrogen and oxygen atoms in total. The molecule has 0 amide bonds. The molecule has 0 saturated carbocycles. The minimum atomic E-state index is -0.344. The molecule has 0 radical (unpaired) electrons. The molecule has 0 spiro atoms. The summed E-state index contributed by atoms with van der Waals surface area (Å²) in [4.78, 5) is 19.2. The fourth-order valence-electron chi connectivity index (χ4n) is 1.81. The summed E-state index contributed by atoms with van der Waals surface area (Å²) in [6.45, 7) is 4.15. The zero-order valence-corrected chi connectivity index (χ0v) is 14.7. The molecule has 0 bridgehead atoms. The maximum atomic E-state index is 13.3. The Bertz CT molecular complexity index is 700. The monoisotopic (exact) mass is 450 g/mol. The normalized spacial score (nSPS) is 11.1. The van der Waals surface area contributed by atoms with E-state index in [2.05, 4.69) is 39.7 Å². The Hall–Kier alpha value is -0.760. The second kappa shape index (κ2) is 6.34. The average molecular weight is 451 g/mol. The Balaban J connectivity index is 2.54. The predicted molar refractivity (Wildman–Crippen MR) is 89.2 cm³/mol. The van der Waals surface area contributed by atoms with Crippen molar-refractivity contribution >= 4 is 38.5 Å². The topological polar surface area (TPSA) is 45.8 Å². The lowest BCUT2D eigenvalue weighted by Gasteiger charge is -2.09. The van der Waals surface area contributed by atoms with Crippen molar-refractivity contribution in [1.82, 2.24) is 9.97 Å². The van der Waals surface area contributed by atoms with E-state index in [9.17, 15) is 9.18 Å². The van der Waals surface area contributed by atoms with Crippen LogP contribution in [-0.2, 0) is 6.42 Å². The van der Waals surface area contributed by atoms with Gasteiger partial charge in [-0.25, -0.2) is 9.37 Å². The molecule has 0 unspecified atom stereocenters. The molecule has 1 heterocycles. The molecular weight excluding hydrogens is 438 g/mol. The zero-order valence-electron chi connectivity index (χ0n) is 11.0. The summed E-state index contributed by atoms with van der Waals surface area (Å²) in [7, 11) is 0. The number of hydrogen-bond acceptors (Lipinski definition) is 2. The molecule has 106 valence electrons. The van der Waals surface area contributed by atoms with Gasteiger partial charge in [0, 0.05) is 5.56 Å². The van der Waals surface area contributed by atoms with Gasteiger partial charge >= 0.3 is 0 Å². The standard InChI is InChI=1S/C14H13BrFIN2O/c1-7(2)5-11-12(17)14(20)19-13(18-11)8-3-4-10(16)9(15)6-8/h3-4,6-7H,5H2,1-2H3,(H,18,19,20). The molecule has 0 aliphatic rings. The van der Waals surface area contributed by atoms with Gasteiger partial charge in [0.2, 0.25) is 0 Å². The SMILES string of the molecule is CC(C)Cc1nc(-c2ccc(F)c(Br)c2)[nH]c(=O)c1I. The van der Waals surface area contributed by atoms with Crippen LogP contribution < -0.4 is 5.56 Å². The maximum absolute atomic E-state index is 13.3. The number of halogens is 3. The predicted octanol–water partition coefficient (Wildman–Crippen LogP) is 4.14. The number of rotatable bonds is 3. The lowest BCUT2D eigenvalue weighted by Crippen LogP contribution is -2.17. The highest BCUT2D eigenvalue weighted by atomic mass is 127. The van der Waals surface area contributed by atoms with Gasteiger partial charge in [-0.2, -0.15) is 0 Å². The van der Waals surface area contributed by atoms with Crippen molar-refractivity contribution in [2.45, 2.75) is 20.3 Å². The maximum Gasteiger partial charge on any atom is 0.264 e. The van der Waals surface area contributed by atoms with Gasteiger partial charge in [0.15, 0.2) is 0 Å². The van der Waals surface area contributed by atoms with Crippen LogP contribution in [0.4, 0.5) is 4.39 Å². The fraction of sp³-hybridized carbons (Fsp3) is 0.286. The van der Waals surface area contributed by atoms with Gasteiger partial charge in [-0.05, 0) is 69.1 Å². The van der Waals surface area contributed by atoms with Gasteiger partial charge in [-0.1, -0.05) is 13.8 Å². The van der Waals surface area contributed by atoms with Crippen LogP contribution in [0.5, 0.6) is 0 Å². The van der Waals surface area contributed by atoms with E-state index in [0.29, 0.717) is 25.3 Å². The molecule has 0 aliphatic carbocycles. The second-order valence-corrected chi connectivity index (χ2v) is 6.84. The summed E-state index contributed by atoms with van der Waals surface area (Å²) >= 11 is 5.15. The Morgan fingerprint density at radius 1 is 1.45 bits per heavy atom. The van der Waals surface area contributed by atoms with E-state index in [0.717, 1.165) is 12.1 Å². The second-order valence-electron chi connectivity index (χ2n) is 4.90. The highest BCUT2D eigenvalue weighted by molar-refractivity contribution is 14.1. The smallest absolute Gasteiger partial charge is 0.264 e. The van der Waals surface area contributed by atoms with Crippen LogP contribution in [0.3, 0.4) is 0 Å². The summed E-state index contributed by atoms with van der Waals surface area (Å²) < 4.78 is 14.2. The van der Waals surface area contributed by atoms with E-state index >= 15 is 0 Å². The van der Waals surface area contributed by atoms with Gasteiger partial charge in [0.1, 0.15) is 11.6 Å². The summed E-state index contributed by atoms with van der Waals surface area (Å²) in [5.74, 6) is 0.529. The van der Waals surface area contributed by atoms with E-state index < -0.39 is 0 Å². The lowest BCUT2D eigenvalue weighted by molar-refractivity contribution is 0.621. The van der Waals surface area contributed by atoms with Crippen LogP contribution in [0, 0.1) is 15.3 Å². The van der Waals surface area contributed by atoms with Crippen molar-refractivity contribution in [3.05, 3.63) is 48.1 Å². The first kappa shape index (κ1) is 15.6. The largest absolute Gasteiger partial charge is 0.306 e. The molecule has 2 aromatic rings. The van der Waals surface area contributed by atoms with E-state index in [1.807, 2.05) is 22.6 Å². The van der Waals surface area contributed by atoms with Crippen molar-refractivity contribution in [3.8, 4) is 11.4 Å². The van der Waals surface area contributed by atoms with Crippen LogP contribution in [0.1, 0.15) is 19.5 Å². The molecule has 1 aromatic carbocycles. The van der Waals surface area contributed by atoms with Gasteiger partial charge in [0.25, 0.3) is 5.56 Å². The Kier molecular flexibility index (Phi) is 4.95. The van der Waals surface area contributed by atoms with E-state index in [-0.39, 0.29) is 11.4 Å². The van der Waals surface area contributed by atoms with E-state index in [4.69, 9.17) is 0 Å². The number of H-pyrrole nitrogens is 1. The quantitative estimate of drug-likeness (QED) is 0.714. The van der Waals surface area contributed by atoms with Gasteiger partial charge in [0.05, 0.1) is 13.7 Å². The minimum absolute atomic E-state index is 0.160. The summed E-state index contributed by atoms with van der Waals surface area (Å²) in [6, 6.07) is 4.56. The van der Waals surface area contributed by atoms with Crippen LogP contribution in [0.15, 0.2) is 27.5 Å². The van der Waals surface area contributed by atoms with Gasteiger partial charge in [-0.15, -0.1) is 0 Å². The summed E-state index contributed by atoms with van der Waals surface area (Å²) in [5, 5.41) is 0. The number of nitrogens with one attached hydrogen (secondary N) is 1. The molecule has 0 aliphatic heterocycles. The number of benzene rings is 1. The van der Waals surface area contributed by atoms with Crippen LogP contribution in [-0.4, -0.2) is 9.97 Å².